The summed E-state index contributed by atoms with van der Waals surface area (Å²) in [6.07, 6.45) is 1.70. The van der Waals surface area contributed by atoms with Gasteiger partial charge in [0.2, 0.25) is 0 Å². The molecule has 5 heteroatoms. The van der Waals surface area contributed by atoms with Gasteiger partial charge in [-0.05, 0) is 62.6 Å². The Balaban J connectivity index is 1.67. The van der Waals surface area contributed by atoms with Gasteiger partial charge in [0.25, 0.3) is 5.91 Å². The van der Waals surface area contributed by atoms with Crippen LogP contribution in [0.1, 0.15) is 24.8 Å². The van der Waals surface area contributed by atoms with Crippen molar-refractivity contribution in [3.05, 3.63) is 65.2 Å². The maximum Gasteiger partial charge on any atom is 0.332 e. The fourth-order valence-electron chi connectivity index (χ4n) is 2.86. The zero-order valence-corrected chi connectivity index (χ0v) is 14.7. The SMILES string of the molecule is Cc1cccc(Sc2ccc(NC(=O)C3=C(C(=O)O)CCC3)cc2)c1. The van der Waals surface area contributed by atoms with Crippen LogP contribution in [-0.2, 0) is 9.59 Å². The van der Waals surface area contributed by atoms with Gasteiger partial charge in [-0.1, -0.05) is 29.5 Å². The normalized spacial score (nSPS) is 13.8. The second-order valence-corrected chi connectivity index (χ2v) is 7.16. The molecule has 0 fully saturated rings. The number of carboxylic acids is 1. The molecule has 0 heterocycles. The number of rotatable bonds is 5. The van der Waals surface area contributed by atoms with Crippen molar-refractivity contribution in [2.45, 2.75) is 36.0 Å². The zero-order valence-electron chi connectivity index (χ0n) is 13.9. The lowest BCUT2D eigenvalue weighted by Gasteiger charge is -2.08. The van der Waals surface area contributed by atoms with Crippen LogP contribution in [0.3, 0.4) is 0 Å². The largest absolute Gasteiger partial charge is 0.478 e. The molecule has 2 aromatic rings. The number of hydrogen-bond donors (Lipinski definition) is 2. The smallest absolute Gasteiger partial charge is 0.332 e. The van der Waals surface area contributed by atoms with Gasteiger partial charge in [0, 0.05) is 26.6 Å². The minimum Gasteiger partial charge on any atom is -0.478 e. The van der Waals surface area contributed by atoms with Gasteiger partial charge in [-0.15, -0.1) is 0 Å². The van der Waals surface area contributed by atoms with E-state index < -0.39 is 5.97 Å². The molecule has 4 nitrogen and oxygen atoms in total. The number of carbonyl (C=O) groups is 2. The van der Waals surface area contributed by atoms with Gasteiger partial charge in [-0.25, -0.2) is 4.79 Å². The number of aryl methyl sites for hydroxylation is 1. The van der Waals surface area contributed by atoms with Crippen LogP contribution < -0.4 is 5.32 Å². The first kappa shape index (κ1) is 17.3. The first-order chi connectivity index (χ1) is 12.0. The van der Waals surface area contributed by atoms with Gasteiger partial charge in [0.05, 0.1) is 0 Å². The number of benzene rings is 2. The van der Waals surface area contributed by atoms with Gasteiger partial charge < -0.3 is 10.4 Å². The molecule has 0 aromatic heterocycles. The van der Waals surface area contributed by atoms with Crippen molar-refractivity contribution in [1.29, 1.82) is 0 Å². The number of carbonyl (C=O) groups excluding carboxylic acids is 1. The van der Waals surface area contributed by atoms with Crippen molar-refractivity contribution in [2.24, 2.45) is 0 Å². The fourth-order valence-corrected chi connectivity index (χ4v) is 3.79. The third-order valence-corrected chi connectivity index (χ3v) is 5.09. The van der Waals surface area contributed by atoms with E-state index in [4.69, 9.17) is 5.11 Å². The monoisotopic (exact) mass is 353 g/mol. The average Bonchev–Trinajstić information content (AvgIpc) is 3.07. The molecule has 1 aliphatic rings. The number of aliphatic carboxylic acids is 1. The van der Waals surface area contributed by atoms with Crippen LogP contribution in [0.25, 0.3) is 0 Å². The second-order valence-electron chi connectivity index (χ2n) is 6.01. The summed E-state index contributed by atoms with van der Waals surface area (Å²) in [5, 5.41) is 12.0. The van der Waals surface area contributed by atoms with Gasteiger partial charge in [0.1, 0.15) is 0 Å². The molecule has 2 aromatic carbocycles. The van der Waals surface area contributed by atoms with E-state index in [1.54, 1.807) is 11.8 Å². The third-order valence-electron chi connectivity index (χ3n) is 4.09. The van der Waals surface area contributed by atoms with Gasteiger partial charge >= 0.3 is 5.97 Å². The zero-order chi connectivity index (χ0) is 17.8. The number of amides is 1. The maximum atomic E-state index is 12.3. The predicted octanol–water partition coefficient (Wildman–Crippen LogP) is 4.65. The number of hydrogen-bond acceptors (Lipinski definition) is 3. The van der Waals surface area contributed by atoms with Crippen LogP contribution in [0.4, 0.5) is 5.69 Å². The van der Waals surface area contributed by atoms with Crippen LogP contribution in [0.5, 0.6) is 0 Å². The van der Waals surface area contributed by atoms with E-state index in [0.717, 1.165) is 11.3 Å². The molecule has 0 saturated heterocycles. The van der Waals surface area contributed by atoms with Crippen molar-refractivity contribution in [3.63, 3.8) is 0 Å². The lowest BCUT2D eigenvalue weighted by atomic mass is 10.1. The summed E-state index contributed by atoms with van der Waals surface area (Å²) in [5.41, 5.74) is 2.52. The first-order valence-corrected chi connectivity index (χ1v) is 8.96. The Morgan fingerprint density at radius 3 is 2.40 bits per heavy atom. The topological polar surface area (TPSA) is 66.4 Å². The maximum absolute atomic E-state index is 12.3. The minimum atomic E-state index is -0.993. The first-order valence-electron chi connectivity index (χ1n) is 8.14. The Morgan fingerprint density at radius 2 is 1.72 bits per heavy atom. The van der Waals surface area contributed by atoms with Crippen molar-refractivity contribution in [2.75, 3.05) is 5.32 Å². The number of carboxylic acid groups (broad SMARTS) is 1. The molecule has 0 spiro atoms. The Bertz CT molecular complexity index is 840. The second kappa shape index (κ2) is 7.57. The van der Waals surface area contributed by atoms with Crippen LogP contribution in [0, 0.1) is 6.92 Å². The molecule has 0 saturated carbocycles. The highest BCUT2D eigenvalue weighted by Crippen LogP contribution is 2.30. The fraction of sp³-hybridized carbons (Fsp3) is 0.200. The molecule has 0 atom stereocenters. The summed E-state index contributed by atoms with van der Waals surface area (Å²) in [4.78, 5) is 25.7. The summed E-state index contributed by atoms with van der Waals surface area (Å²) in [5.74, 6) is -1.30. The molecule has 0 radical (unpaired) electrons. The lowest BCUT2D eigenvalue weighted by Crippen LogP contribution is -2.16. The van der Waals surface area contributed by atoms with Crippen molar-refractivity contribution >= 4 is 29.3 Å². The van der Waals surface area contributed by atoms with Crippen molar-refractivity contribution in [3.8, 4) is 0 Å². The Morgan fingerprint density at radius 1 is 1.00 bits per heavy atom. The number of anilines is 1. The molecular weight excluding hydrogens is 334 g/mol. The van der Waals surface area contributed by atoms with E-state index >= 15 is 0 Å². The molecule has 0 bridgehead atoms. The summed E-state index contributed by atoms with van der Waals surface area (Å²) >= 11 is 1.66. The molecule has 2 N–H and O–H groups in total. The van der Waals surface area contributed by atoms with E-state index in [1.807, 2.05) is 30.3 Å². The molecule has 25 heavy (non-hydrogen) atoms. The summed E-state index contributed by atoms with van der Waals surface area (Å²) < 4.78 is 0. The summed E-state index contributed by atoms with van der Waals surface area (Å²) in [7, 11) is 0. The number of nitrogens with one attached hydrogen (secondary N) is 1. The Hall–Kier alpha value is -2.53. The van der Waals surface area contributed by atoms with Gasteiger partial charge in [-0.2, -0.15) is 0 Å². The summed E-state index contributed by atoms with van der Waals surface area (Å²) in [6, 6.07) is 15.9. The van der Waals surface area contributed by atoms with E-state index in [1.165, 1.54) is 10.5 Å². The quantitative estimate of drug-likeness (QED) is 0.821. The van der Waals surface area contributed by atoms with Crippen molar-refractivity contribution < 1.29 is 14.7 Å². The van der Waals surface area contributed by atoms with Crippen molar-refractivity contribution in [1.82, 2.24) is 0 Å². The highest BCUT2D eigenvalue weighted by molar-refractivity contribution is 7.99. The predicted molar refractivity (Wildman–Crippen MR) is 98.9 cm³/mol. The van der Waals surface area contributed by atoms with Crippen LogP contribution in [-0.4, -0.2) is 17.0 Å². The molecule has 1 aliphatic carbocycles. The molecule has 1 amide bonds. The molecule has 0 aliphatic heterocycles. The van der Waals surface area contributed by atoms with E-state index in [2.05, 4.69) is 30.4 Å². The Kier molecular flexibility index (Phi) is 5.24. The van der Waals surface area contributed by atoms with E-state index in [9.17, 15) is 9.59 Å². The standard InChI is InChI=1S/C20H19NO3S/c1-13-4-2-5-16(12-13)25-15-10-8-14(9-11-15)21-19(22)17-6-3-7-18(17)20(23)24/h2,4-5,8-12H,3,6-7H2,1H3,(H,21,22)(H,23,24). The highest BCUT2D eigenvalue weighted by atomic mass is 32.2. The molecule has 128 valence electrons. The van der Waals surface area contributed by atoms with E-state index in [-0.39, 0.29) is 11.5 Å². The third kappa shape index (κ3) is 4.31. The highest BCUT2D eigenvalue weighted by Gasteiger charge is 2.25. The summed E-state index contributed by atoms with van der Waals surface area (Å²) in [6.45, 7) is 2.06. The van der Waals surface area contributed by atoms with Gasteiger partial charge in [0.15, 0.2) is 0 Å². The van der Waals surface area contributed by atoms with Crippen LogP contribution in [0.15, 0.2) is 69.5 Å². The molecule has 3 rings (SSSR count). The van der Waals surface area contributed by atoms with Crippen LogP contribution >= 0.6 is 11.8 Å². The molecular formula is C20H19NO3S. The Labute approximate surface area is 151 Å². The van der Waals surface area contributed by atoms with Crippen LogP contribution in [0.2, 0.25) is 0 Å². The van der Waals surface area contributed by atoms with E-state index in [0.29, 0.717) is 24.1 Å². The lowest BCUT2D eigenvalue weighted by molar-refractivity contribution is -0.133. The molecule has 0 unspecified atom stereocenters. The van der Waals surface area contributed by atoms with Gasteiger partial charge in [-0.3, -0.25) is 4.79 Å². The minimum absolute atomic E-state index is 0.240. The average molecular weight is 353 g/mol.